The van der Waals surface area contributed by atoms with Crippen LogP contribution in [0, 0.1) is 18.3 Å². The number of benzene rings is 2. The third-order valence-corrected chi connectivity index (χ3v) is 6.36. The molecule has 1 unspecified atom stereocenters. The van der Waals surface area contributed by atoms with Crippen LogP contribution in [-0.2, 0) is 19.1 Å². The average Bonchev–Trinajstić information content (AvgIpc) is 2.84. The normalized spacial score (nSPS) is 15.6. The van der Waals surface area contributed by atoms with Crippen molar-refractivity contribution in [1.82, 2.24) is 0 Å². The zero-order valence-corrected chi connectivity index (χ0v) is 20.6. The number of allylic oxidation sites excluding steroid dienone is 1. The number of aryl methyl sites for hydroxylation is 1. The molecule has 9 heteroatoms. The van der Waals surface area contributed by atoms with Crippen molar-refractivity contribution in [1.29, 1.82) is 5.26 Å². The molecule has 2 aromatic rings. The van der Waals surface area contributed by atoms with E-state index in [0.717, 1.165) is 5.56 Å². The highest BCUT2D eigenvalue weighted by molar-refractivity contribution is 9.10. The smallest absolute Gasteiger partial charge is 0.355 e. The first-order valence-electron chi connectivity index (χ1n) is 10.1. The van der Waals surface area contributed by atoms with Gasteiger partial charge in [0, 0.05) is 10.0 Å². The minimum Gasteiger partial charge on any atom is -0.466 e. The Kier molecular flexibility index (Phi) is 7.23. The van der Waals surface area contributed by atoms with Gasteiger partial charge in [-0.3, -0.25) is 9.69 Å². The van der Waals surface area contributed by atoms with E-state index in [-0.39, 0.29) is 39.7 Å². The Morgan fingerprint density at radius 3 is 2.24 bits per heavy atom. The molecular formula is C25H22BrN3O5. The van der Waals surface area contributed by atoms with Crippen LogP contribution in [0.3, 0.4) is 0 Å². The third kappa shape index (κ3) is 4.20. The highest BCUT2D eigenvalue weighted by Gasteiger charge is 2.43. The molecule has 1 atom stereocenters. The van der Waals surface area contributed by atoms with Gasteiger partial charge in [0.25, 0.3) is 0 Å². The van der Waals surface area contributed by atoms with Gasteiger partial charge in [-0.25, -0.2) is 9.59 Å². The van der Waals surface area contributed by atoms with E-state index in [1.807, 2.05) is 0 Å². The lowest BCUT2D eigenvalue weighted by Gasteiger charge is -2.36. The monoisotopic (exact) mass is 523 g/mol. The zero-order valence-electron chi connectivity index (χ0n) is 19.0. The van der Waals surface area contributed by atoms with Crippen LogP contribution in [0.1, 0.15) is 34.3 Å². The summed E-state index contributed by atoms with van der Waals surface area (Å²) in [5.74, 6) is -3.11. The molecule has 0 bridgehead atoms. The second-order valence-electron chi connectivity index (χ2n) is 7.51. The molecule has 0 saturated carbocycles. The van der Waals surface area contributed by atoms with Gasteiger partial charge in [-0.15, -0.1) is 0 Å². The third-order valence-electron chi connectivity index (χ3n) is 5.51. The Balaban J connectivity index is 2.51. The first-order chi connectivity index (χ1) is 16.2. The lowest BCUT2D eigenvalue weighted by atomic mass is 9.80. The molecule has 2 N–H and O–H groups in total. The number of ketones is 1. The number of ether oxygens (including phenoxy) is 2. The highest BCUT2D eigenvalue weighted by Crippen LogP contribution is 2.44. The number of nitriles is 1. The number of rotatable bonds is 5. The molecular weight excluding hydrogens is 502 g/mol. The number of hydrogen-bond acceptors (Lipinski definition) is 8. The van der Waals surface area contributed by atoms with Crippen LogP contribution >= 0.6 is 15.9 Å². The van der Waals surface area contributed by atoms with Gasteiger partial charge in [0.15, 0.2) is 5.78 Å². The SMILES string of the molecule is COC(=O)C1=C(C(=O)OC)N(c2cc(C)c(Br)cc2C(C)=O)C(N)=C(C#N)C1c1ccccc1. The molecule has 0 fully saturated rings. The number of hydrogen-bond donors (Lipinski definition) is 1. The first kappa shape index (κ1) is 24.7. The summed E-state index contributed by atoms with van der Waals surface area (Å²) < 4.78 is 10.7. The maximum Gasteiger partial charge on any atom is 0.355 e. The zero-order chi connectivity index (χ0) is 25.2. The maximum absolute atomic E-state index is 13.1. The van der Waals surface area contributed by atoms with E-state index in [1.165, 1.54) is 26.0 Å². The second kappa shape index (κ2) is 9.93. The summed E-state index contributed by atoms with van der Waals surface area (Å²) in [4.78, 5) is 40.0. The van der Waals surface area contributed by atoms with E-state index >= 15 is 0 Å². The maximum atomic E-state index is 13.1. The number of Topliss-reactive ketones (excluding diaryl/α,β-unsaturated/α-hetero) is 1. The van der Waals surface area contributed by atoms with E-state index in [1.54, 1.807) is 49.4 Å². The lowest BCUT2D eigenvalue weighted by molar-refractivity contribution is -0.139. The summed E-state index contributed by atoms with van der Waals surface area (Å²) in [6, 6.07) is 14.0. The Hall–Kier alpha value is -3.90. The predicted molar refractivity (Wildman–Crippen MR) is 128 cm³/mol. The quantitative estimate of drug-likeness (QED) is 0.462. The van der Waals surface area contributed by atoms with Gasteiger partial charge >= 0.3 is 11.9 Å². The number of carbonyl (C=O) groups excluding carboxylic acids is 3. The van der Waals surface area contributed by atoms with Crippen molar-refractivity contribution in [3.8, 4) is 6.07 Å². The number of nitrogens with zero attached hydrogens (tertiary/aromatic N) is 2. The Labute approximate surface area is 205 Å². The highest BCUT2D eigenvalue weighted by atomic mass is 79.9. The second-order valence-corrected chi connectivity index (χ2v) is 8.36. The predicted octanol–water partition coefficient (Wildman–Crippen LogP) is 3.86. The Morgan fingerprint density at radius 1 is 1.09 bits per heavy atom. The molecule has 8 nitrogen and oxygen atoms in total. The number of halogens is 1. The van der Waals surface area contributed by atoms with Crippen LogP contribution < -0.4 is 10.6 Å². The fourth-order valence-corrected chi connectivity index (χ4v) is 4.24. The number of methoxy groups -OCH3 is 2. The summed E-state index contributed by atoms with van der Waals surface area (Å²) in [6.45, 7) is 3.16. The van der Waals surface area contributed by atoms with Crippen molar-refractivity contribution in [3.63, 3.8) is 0 Å². The van der Waals surface area contributed by atoms with Crippen LogP contribution in [-0.4, -0.2) is 31.9 Å². The molecule has 34 heavy (non-hydrogen) atoms. The summed E-state index contributed by atoms with van der Waals surface area (Å²) >= 11 is 3.41. The molecule has 174 valence electrons. The molecule has 0 spiro atoms. The fraction of sp³-hybridized carbons (Fsp3) is 0.200. The molecule has 1 aliphatic rings. The average molecular weight is 524 g/mol. The van der Waals surface area contributed by atoms with Crippen molar-refractivity contribution in [2.24, 2.45) is 5.73 Å². The molecule has 3 rings (SSSR count). The fourth-order valence-electron chi connectivity index (χ4n) is 3.90. The van der Waals surface area contributed by atoms with Crippen LogP contribution in [0.5, 0.6) is 0 Å². The van der Waals surface area contributed by atoms with Gasteiger partial charge in [0.2, 0.25) is 0 Å². The van der Waals surface area contributed by atoms with Crippen molar-refractivity contribution >= 4 is 39.3 Å². The van der Waals surface area contributed by atoms with E-state index in [2.05, 4.69) is 22.0 Å². The van der Waals surface area contributed by atoms with E-state index in [0.29, 0.717) is 10.0 Å². The molecule has 0 saturated heterocycles. The minimum atomic E-state index is -0.985. The number of esters is 2. The van der Waals surface area contributed by atoms with Crippen LogP contribution in [0.15, 0.2) is 69.6 Å². The van der Waals surface area contributed by atoms with Crippen LogP contribution in [0.25, 0.3) is 0 Å². The van der Waals surface area contributed by atoms with Gasteiger partial charge in [-0.05, 0) is 37.1 Å². The Morgan fingerprint density at radius 2 is 1.71 bits per heavy atom. The largest absolute Gasteiger partial charge is 0.466 e. The van der Waals surface area contributed by atoms with Gasteiger partial charge in [-0.1, -0.05) is 46.3 Å². The molecule has 0 amide bonds. The summed E-state index contributed by atoms with van der Waals surface area (Å²) in [5, 5.41) is 10.1. The number of anilines is 1. The van der Waals surface area contributed by atoms with Crippen molar-refractivity contribution in [2.75, 3.05) is 19.1 Å². The van der Waals surface area contributed by atoms with Gasteiger partial charge in [0.05, 0.1) is 43.0 Å². The lowest BCUT2D eigenvalue weighted by Crippen LogP contribution is -2.41. The topological polar surface area (TPSA) is 123 Å². The summed E-state index contributed by atoms with van der Waals surface area (Å²) in [7, 11) is 2.34. The number of nitrogens with two attached hydrogens (primary N) is 1. The van der Waals surface area contributed by atoms with Gasteiger partial charge in [-0.2, -0.15) is 5.26 Å². The minimum absolute atomic E-state index is 0.0225. The summed E-state index contributed by atoms with van der Waals surface area (Å²) in [5.41, 5.74) is 7.92. The number of carbonyl (C=O) groups is 3. The van der Waals surface area contributed by atoms with Crippen LogP contribution in [0.4, 0.5) is 5.69 Å². The molecule has 1 heterocycles. The Bertz CT molecular complexity index is 1290. The van der Waals surface area contributed by atoms with Gasteiger partial charge < -0.3 is 15.2 Å². The van der Waals surface area contributed by atoms with Crippen LogP contribution in [0.2, 0.25) is 0 Å². The van der Waals surface area contributed by atoms with Crippen molar-refractivity contribution in [2.45, 2.75) is 19.8 Å². The molecule has 1 aliphatic heterocycles. The van der Waals surface area contributed by atoms with Gasteiger partial charge in [0.1, 0.15) is 11.5 Å². The molecule has 2 aromatic carbocycles. The molecule has 0 aliphatic carbocycles. The van der Waals surface area contributed by atoms with E-state index < -0.39 is 17.9 Å². The van der Waals surface area contributed by atoms with E-state index in [9.17, 15) is 19.6 Å². The summed E-state index contributed by atoms with van der Waals surface area (Å²) in [6.07, 6.45) is 0. The molecule has 0 aromatic heterocycles. The first-order valence-corrected chi connectivity index (χ1v) is 10.9. The van der Waals surface area contributed by atoms with E-state index in [4.69, 9.17) is 15.2 Å². The van der Waals surface area contributed by atoms with Crippen molar-refractivity contribution < 1.29 is 23.9 Å². The molecule has 0 radical (unpaired) electrons. The standard InChI is InChI=1S/C25H22BrN3O5/c1-13-10-19(16(14(2)30)11-18(13)26)29-22(25(32)34-4)21(24(31)33-3)20(17(12-27)23(29)28)15-8-6-5-7-9-15/h5-11,20H,28H2,1-4H3. The van der Waals surface area contributed by atoms with Crippen molar-refractivity contribution in [3.05, 3.63) is 86.3 Å².